The van der Waals surface area contributed by atoms with E-state index < -0.39 is 0 Å². The Kier molecular flexibility index (Phi) is 3.79. The number of carbonyl (C=O) groups excluding carboxylic acids is 1. The molecule has 4 nitrogen and oxygen atoms in total. The largest absolute Gasteiger partial charge is 0.383 e. The lowest BCUT2D eigenvalue weighted by atomic mass is 10.1. The number of para-hydroxylation sites is 1. The van der Waals surface area contributed by atoms with E-state index in [-0.39, 0.29) is 18.1 Å². The van der Waals surface area contributed by atoms with Gasteiger partial charge >= 0.3 is 0 Å². The number of anilines is 2. The van der Waals surface area contributed by atoms with Crippen molar-refractivity contribution < 1.29 is 4.79 Å². The minimum atomic E-state index is -0.147. The van der Waals surface area contributed by atoms with Crippen molar-refractivity contribution in [2.75, 3.05) is 17.6 Å². The molecular weight excluding hydrogens is 250 g/mol. The van der Waals surface area contributed by atoms with Crippen LogP contribution in [0.25, 0.3) is 0 Å². The zero-order chi connectivity index (χ0) is 13.0. The fourth-order valence-electron chi connectivity index (χ4n) is 1.51. The average Bonchev–Trinajstić information content (AvgIpc) is 2.40. The maximum absolute atomic E-state index is 11.9. The molecule has 0 aliphatic heterocycles. The lowest BCUT2D eigenvalue weighted by Crippen LogP contribution is -2.16. The topological polar surface area (TPSA) is 68.0 Å². The number of pyridine rings is 1. The third-order valence-corrected chi connectivity index (χ3v) is 2.62. The number of aromatic nitrogens is 1. The first kappa shape index (κ1) is 12.4. The van der Waals surface area contributed by atoms with E-state index in [4.69, 9.17) is 17.3 Å². The van der Waals surface area contributed by atoms with Crippen molar-refractivity contribution in [2.45, 2.75) is 0 Å². The molecule has 0 atom stereocenters. The zero-order valence-corrected chi connectivity index (χ0v) is 10.3. The summed E-state index contributed by atoms with van der Waals surface area (Å²) in [4.78, 5) is 15.8. The number of nitrogens with zero attached hydrogens (tertiary/aromatic N) is 1. The molecule has 2 rings (SSSR count). The van der Waals surface area contributed by atoms with E-state index >= 15 is 0 Å². The molecule has 5 heteroatoms. The first-order valence-corrected chi connectivity index (χ1v) is 5.78. The van der Waals surface area contributed by atoms with Gasteiger partial charge in [-0.25, -0.2) is 4.98 Å². The van der Waals surface area contributed by atoms with Gasteiger partial charge in [0.05, 0.1) is 17.1 Å². The van der Waals surface area contributed by atoms with E-state index in [1.54, 1.807) is 0 Å². The number of hydrogen-bond acceptors (Lipinski definition) is 4. The van der Waals surface area contributed by atoms with Gasteiger partial charge in [0, 0.05) is 11.9 Å². The number of nitrogens with two attached hydrogens (primary N) is 1. The molecule has 1 aromatic heterocycles. The van der Waals surface area contributed by atoms with Crippen LogP contribution in [0.3, 0.4) is 0 Å². The summed E-state index contributed by atoms with van der Waals surface area (Å²) in [6.07, 6.45) is 1.41. The average molecular weight is 262 g/mol. The van der Waals surface area contributed by atoms with Crippen molar-refractivity contribution in [2.24, 2.45) is 0 Å². The highest BCUT2D eigenvalue weighted by atomic mass is 35.5. The lowest BCUT2D eigenvalue weighted by Gasteiger charge is -2.07. The van der Waals surface area contributed by atoms with Gasteiger partial charge in [-0.15, -0.1) is 0 Å². The van der Waals surface area contributed by atoms with Crippen LogP contribution in [-0.2, 0) is 0 Å². The summed E-state index contributed by atoms with van der Waals surface area (Å²) in [5.74, 6) is 0.0469. The monoisotopic (exact) mass is 261 g/mol. The summed E-state index contributed by atoms with van der Waals surface area (Å²) in [6.45, 7) is 0.149. The Bertz CT molecular complexity index is 557. The van der Waals surface area contributed by atoms with Crippen LogP contribution < -0.4 is 11.1 Å². The van der Waals surface area contributed by atoms with Crippen LogP contribution in [0.1, 0.15) is 10.4 Å². The maximum Gasteiger partial charge on any atom is 0.185 e. The van der Waals surface area contributed by atoms with Crippen molar-refractivity contribution in [1.29, 1.82) is 0 Å². The number of nitrogens with one attached hydrogen (secondary N) is 1. The second kappa shape index (κ2) is 5.51. The van der Waals surface area contributed by atoms with Gasteiger partial charge in [0.25, 0.3) is 0 Å². The summed E-state index contributed by atoms with van der Waals surface area (Å²) in [5.41, 5.74) is 6.85. The molecule has 2 aromatic rings. The molecule has 0 unspecified atom stereocenters. The Morgan fingerprint density at radius 2 is 2.06 bits per heavy atom. The van der Waals surface area contributed by atoms with Crippen molar-refractivity contribution in [3.63, 3.8) is 0 Å². The fraction of sp³-hybridized carbons (Fsp3) is 0.0769. The van der Waals surface area contributed by atoms with E-state index in [1.807, 2.05) is 30.3 Å². The van der Waals surface area contributed by atoms with Crippen LogP contribution in [0, 0.1) is 0 Å². The molecule has 92 valence electrons. The van der Waals surface area contributed by atoms with Crippen LogP contribution in [0.15, 0.2) is 42.6 Å². The van der Waals surface area contributed by atoms with E-state index in [1.165, 1.54) is 12.3 Å². The van der Waals surface area contributed by atoms with Gasteiger partial charge in [-0.2, -0.15) is 0 Å². The third-order valence-electron chi connectivity index (χ3n) is 2.41. The molecule has 0 bridgehead atoms. The predicted molar refractivity (Wildman–Crippen MR) is 72.9 cm³/mol. The van der Waals surface area contributed by atoms with E-state index in [0.717, 1.165) is 5.69 Å². The molecular formula is C13H12ClN3O. The van der Waals surface area contributed by atoms with Gasteiger partial charge in [-0.05, 0) is 18.2 Å². The highest BCUT2D eigenvalue weighted by Gasteiger charge is 2.11. The van der Waals surface area contributed by atoms with Crippen LogP contribution in [-0.4, -0.2) is 17.3 Å². The molecule has 0 fully saturated rings. The third kappa shape index (κ3) is 2.99. The fourth-order valence-corrected chi connectivity index (χ4v) is 1.66. The number of rotatable bonds is 4. The Hall–Kier alpha value is -2.07. The molecule has 1 heterocycles. The molecule has 0 saturated carbocycles. The minimum Gasteiger partial charge on any atom is -0.383 e. The van der Waals surface area contributed by atoms with E-state index in [0.29, 0.717) is 10.6 Å². The smallest absolute Gasteiger partial charge is 0.185 e. The maximum atomic E-state index is 11.9. The molecule has 3 N–H and O–H groups in total. The van der Waals surface area contributed by atoms with Gasteiger partial charge in [0.1, 0.15) is 5.82 Å². The lowest BCUT2D eigenvalue weighted by molar-refractivity contribution is 0.101. The number of Topliss-reactive ketones (excluding diaryl/α,β-unsaturated/α-hetero) is 1. The standard InChI is InChI=1S/C13H12ClN3O/c14-9-6-11(13(15)17-7-9)12(18)8-16-10-4-2-1-3-5-10/h1-7,16H,8H2,(H2,15,17). The summed E-state index contributed by atoms with van der Waals surface area (Å²) in [6, 6.07) is 11.0. The molecule has 0 amide bonds. The van der Waals surface area contributed by atoms with Gasteiger partial charge in [0.2, 0.25) is 0 Å². The number of ketones is 1. The van der Waals surface area contributed by atoms with Gasteiger partial charge in [-0.3, -0.25) is 4.79 Å². The van der Waals surface area contributed by atoms with Crippen LogP contribution in [0.5, 0.6) is 0 Å². The molecule has 0 radical (unpaired) electrons. The Balaban J connectivity index is 2.06. The first-order chi connectivity index (χ1) is 8.66. The highest BCUT2D eigenvalue weighted by Crippen LogP contribution is 2.15. The number of hydrogen-bond donors (Lipinski definition) is 2. The van der Waals surface area contributed by atoms with Crippen molar-refractivity contribution in [1.82, 2.24) is 4.98 Å². The summed E-state index contributed by atoms with van der Waals surface area (Å²) in [7, 11) is 0. The Labute approximate surface area is 110 Å². The molecule has 0 spiro atoms. The molecule has 0 aliphatic carbocycles. The molecule has 1 aromatic carbocycles. The van der Waals surface area contributed by atoms with Crippen LogP contribution in [0.2, 0.25) is 5.02 Å². The van der Waals surface area contributed by atoms with Crippen LogP contribution >= 0.6 is 11.6 Å². The number of halogens is 1. The van der Waals surface area contributed by atoms with Gasteiger partial charge in [0.15, 0.2) is 5.78 Å². The first-order valence-electron chi connectivity index (χ1n) is 5.40. The van der Waals surface area contributed by atoms with Crippen molar-refractivity contribution in [3.05, 3.63) is 53.2 Å². The molecule has 0 aliphatic rings. The van der Waals surface area contributed by atoms with Crippen LogP contribution in [0.4, 0.5) is 11.5 Å². The minimum absolute atomic E-state index is 0.147. The molecule has 18 heavy (non-hydrogen) atoms. The van der Waals surface area contributed by atoms with Gasteiger partial charge in [-0.1, -0.05) is 29.8 Å². The van der Waals surface area contributed by atoms with Crippen molar-refractivity contribution in [3.8, 4) is 0 Å². The zero-order valence-electron chi connectivity index (χ0n) is 9.56. The summed E-state index contributed by atoms with van der Waals surface area (Å²) >= 11 is 5.79. The summed E-state index contributed by atoms with van der Waals surface area (Å²) in [5, 5.41) is 3.41. The second-order valence-corrected chi connectivity index (χ2v) is 4.17. The normalized spacial score (nSPS) is 10.1. The predicted octanol–water partition coefficient (Wildman–Crippen LogP) is 2.61. The number of carbonyl (C=O) groups is 1. The Morgan fingerprint density at radius 1 is 1.33 bits per heavy atom. The second-order valence-electron chi connectivity index (χ2n) is 3.73. The Morgan fingerprint density at radius 3 is 2.78 bits per heavy atom. The number of nitrogen functional groups attached to an aromatic ring is 1. The molecule has 0 saturated heterocycles. The SMILES string of the molecule is Nc1ncc(Cl)cc1C(=O)CNc1ccccc1. The highest BCUT2D eigenvalue weighted by molar-refractivity contribution is 6.31. The number of benzene rings is 1. The quantitative estimate of drug-likeness (QED) is 0.830. The van der Waals surface area contributed by atoms with Crippen molar-refractivity contribution >= 4 is 28.9 Å². The van der Waals surface area contributed by atoms with Gasteiger partial charge < -0.3 is 11.1 Å². The van der Waals surface area contributed by atoms with E-state index in [2.05, 4.69) is 10.3 Å². The van der Waals surface area contributed by atoms with E-state index in [9.17, 15) is 4.79 Å². The summed E-state index contributed by atoms with van der Waals surface area (Å²) < 4.78 is 0.